The highest BCUT2D eigenvalue weighted by Crippen LogP contribution is 2.48. The molecule has 0 aromatic heterocycles. The van der Waals surface area contributed by atoms with Gasteiger partial charge in [0.1, 0.15) is 6.10 Å². The summed E-state index contributed by atoms with van der Waals surface area (Å²) in [6, 6.07) is 0. The van der Waals surface area contributed by atoms with Crippen molar-refractivity contribution in [2.45, 2.75) is 106 Å². The molecular weight excluding hydrogens is 472 g/mol. The molecule has 0 aliphatic rings. The van der Waals surface area contributed by atoms with Gasteiger partial charge < -0.3 is 25.5 Å². The molecule has 5 N–H and O–H groups in total. The van der Waals surface area contributed by atoms with Crippen LogP contribution in [0.2, 0.25) is 0 Å². The standard InChI is InChI=1S/C26H44O10/c1-20(2,3)15(29)16(30)25(35,18(32)22(7,8)9)26(36,19(33)23(10,11)12)24(34,14(28)13-27)17(31)21(4,5)6/h14,27-28,34-36H,13H2,1-12H3/t14-,24-,25-,26+/m1/s1. The van der Waals surface area contributed by atoms with Crippen molar-refractivity contribution in [2.24, 2.45) is 21.7 Å². The number of hydrogen-bond acceptors (Lipinski definition) is 10. The van der Waals surface area contributed by atoms with Gasteiger partial charge in [0.15, 0.2) is 23.0 Å². The van der Waals surface area contributed by atoms with Crippen molar-refractivity contribution in [2.75, 3.05) is 6.61 Å². The Kier molecular flexibility index (Phi) is 9.29. The molecule has 0 aromatic rings. The van der Waals surface area contributed by atoms with Crippen LogP contribution in [0.3, 0.4) is 0 Å². The van der Waals surface area contributed by atoms with Crippen molar-refractivity contribution in [1.82, 2.24) is 0 Å². The Bertz CT molecular complexity index is 922. The van der Waals surface area contributed by atoms with E-state index in [-0.39, 0.29) is 0 Å². The number of aliphatic hydroxyl groups is 5. The first-order chi connectivity index (χ1) is 15.5. The van der Waals surface area contributed by atoms with E-state index < -0.39 is 80.1 Å². The van der Waals surface area contributed by atoms with Crippen molar-refractivity contribution >= 4 is 28.9 Å². The lowest BCUT2D eigenvalue weighted by molar-refractivity contribution is -0.255. The van der Waals surface area contributed by atoms with Gasteiger partial charge in [-0.1, -0.05) is 83.1 Å². The smallest absolute Gasteiger partial charge is 0.241 e. The number of ketones is 5. The van der Waals surface area contributed by atoms with Crippen molar-refractivity contribution in [1.29, 1.82) is 0 Å². The lowest BCUT2D eigenvalue weighted by Gasteiger charge is -2.54. The van der Waals surface area contributed by atoms with E-state index in [1.54, 1.807) is 0 Å². The molecule has 10 nitrogen and oxygen atoms in total. The molecule has 0 amide bonds. The van der Waals surface area contributed by atoms with Gasteiger partial charge in [-0.2, -0.15) is 0 Å². The Morgan fingerprint density at radius 2 is 0.889 bits per heavy atom. The molecule has 0 spiro atoms. The number of rotatable bonds is 9. The average molecular weight is 517 g/mol. The zero-order chi connectivity index (χ0) is 29.7. The topological polar surface area (TPSA) is 186 Å². The molecule has 0 radical (unpaired) electrons. The molecule has 0 fully saturated rings. The van der Waals surface area contributed by atoms with Crippen LogP contribution in [0.25, 0.3) is 0 Å². The van der Waals surface area contributed by atoms with E-state index in [2.05, 4.69) is 0 Å². The maximum atomic E-state index is 13.9. The van der Waals surface area contributed by atoms with Crippen LogP contribution in [0.15, 0.2) is 0 Å². The molecule has 0 heterocycles. The second kappa shape index (κ2) is 9.79. The number of Topliss-reactive ketones (excluding diaryl/α,β-unsaturated/α-hetero) is 5. The SMILES string of the molecule is CC(C)(C)C(=O)C(=O)[C@@](O)(C(=O)C(C)(C)C)[C@](O)(C(=O)C(C)(C)C)[C@](O)(C(=O)C(C)(C)C)[C@H](O)CO. The van der Waals surface area contributed by atoms with Gasteiger partial charge in [-0.25, -0.2) is 0 Å². The Morgan fingerprint density at radius 1 is 0.556 bits per heavy atom. The van der Waals surface area contributed by atoms with Crippen LogP contribution in [0.5, 0.6) is 0 Å². The van der Waals surface area contributed by atoms with Crippen LogP contribution in [0, 0.1) is 21.7 Å². The minimum Gasteiger partial charge on any atom is -0.394 e. The van der Waals surface area contributed by atoms with Crippen molar-refractivity contribution in [3.8, 4) is 0 Å². The number of aliphatic hydroxyl groups excluding tert-OH is 2. The van der Waals surface area contributed by atoms with Crippen LogP contribution >= 0.6 is 0 Å². The summed E-state index contributed by atoms with van der Waals surface area (Å²) in [5, 5.41) is 56.5. The van der Waals surface area contributed by atoms with Crippen LogP contribution in [-0.2, 0) is 24.0 Å². The maximum absolute atomic E-state index is 13.9. The molecular formula is C26H44O10. The molecule has 10 heteroatoms. The average Bonchev–Trinajstić information content (AvgIpc) is 2.70. The molecule has 0 aromatic carbocycles. The Hall–Kier alpha value is -1.85. The minimum atomic E-state index is -4.10. The summed E-state index contributed by atoms with van der Waals surface area (Å²) in [5.74, 6) is -7.93. The van der Waals surface area contributed by atoms with Crippen LogP contribution in [-0.4, -0.2) is 84.0 Å². The Balaban J connectivity index is 8.40. The minimum absolute atomic E-state index is 1.21. The van der Waals surface area contributed by atoms with Gasteiger partial charge in [0.05, 0.1) is 6.61 Å². The van der Waals surface area contributed by atoms with E-state index in [0.29, 0.717) is 0 Å². The highest BCUT2D eigenvalue weighted by atomic mass is 16.4. The summed E-state index contributed by atoms with van der Waals surface area (Å²) in [7, 11) is 0. The van der Waals surface area contributed by atoms with Gasteiger partial charge in [0.25, 0.3) is 0 Å². The fourth-order valence-electron chi connectivity index (χ4n) is 3.90. The van der Waals surface area contributed by atoms with Gasteiger partial charge in [-0.3, -0.25) is 24.0 Å². The van der Waals surface area contributed by atoms with E-state index in [0.717, 1.165) is 0 Å². The molecule has 4 atom stereocenters. The van der Waals surface area contributed by atoms with E-state index in [1.807, 2.05) is 0 Å². The molecule has 0 saturated heterocycles. The third-order valence-corrected chi connectivity index (χ3v) is 5.99. The van der Waals surface area contributed by atoms with Crippen molar-refractivity contribution < 1.29 is 49.5 Å². The van der Waals surface area contributed by atoms with Crippen LogP contribution in [0.1, 0.15) is 83.1 Å². The second-order valence-electron chi connectivity index (χ2n) is 13.5. The summed E-state index contributed by atoms with van der Waals surface area (Å²) in [6.45, 7) is 13.5. The molecule has 0 aliphatic carbocycles. The molecule has 0 aliphatic heterocycles. The summed E-state index contributed by atoms with van der Waals surface area (Å²) in [4.78, 5) is 68.1. The number of hydrogen-bond donors (Lipinski definition) is 5. The summed E-state index contributed by atoms with van der Waals surface area (Å²) in [5.41, 5.74) is -18.6. The zero-order valence-corrected chi connectivity index (χ0v) is 23.6. The molecule has 36 heavy (non-hydrogen) atoms. The lowest BCUT2D eigenvalue weighted by atomic mass is 9.53. The first kappa shape index (κ1) is 34.1. The predicted octanol–water partition coefficient (Wildman–Crippen LogP) is 0.563. The molecule has 0 rings (SSSR count). The van der Waals surface area contributed by atoms with Gasteiger partial charge in [0, 0.05) is 21.7 Å². The van der Waals surface area contributed by atoms with Gasteiger partial charge >= 0.3 is 0 Å². The Morgan fingerprint density at radius 3 is 1.14 bits per heavy atom. The van der Waals surface area contributed by atoms with E-state index in [4.69, 9.17) is 0 Å². The third kappa shape index (κ3) is 5.38. The summed E-state index contributed by atoms with van der Waals surface area (Å²) in [6.07, 6.45) is -2.66. The Labute approximate surface area is 213 Å². The summed E-state index contributed by atoms with van der Waals surface area (Å²) >= 11 is 0. The summed E-state index contributed by atoms with van der Waals surface area (Å²) < 4.78 is 0. The molecule has 0 saturated carbocycles. The van der Waals surface area contributed by atoms with Gasteiger partial charge in [-0.05, 0) is 0 Å². The predicted molar refractivity (Wildman–Crippen MR) is 131 cm³/mol. The normalized spacial score (nSPS) is 19.4. The molecule has 0 bridgehead atoms. The highest BCUT2D eigenvalue weighted by molar-refractivity contribution is 6.48. The van der Waals surface area contributed by atoms with E-state index >= 15 is 0 Å². The molecule has 0 unspecified atom stereocenters. The number of carbonyl (C=O) groups excluding carboxylic acids is 5. The van der Waals surface area contributed by atoms with Gasteiger partial charge in [-0.15, -0.1) is 0 Å². The monoisotopic (exact) mass is 516 g/mol. The quantitative estimate of drug-likeness (QED) is 0.214. The van der Waals surface area contributed by atoms with E-state index in [9.17, 15) is 49.5 Å². The highest BCUT2D eigenvalue weighted by Gasteiger charge is 2.79. The zero-order valence-electron chi connectivity index (χ0n) is 23.6. The second-order valence-corrected chi connectivity index (χ2v) is 13.5. The van der Waals surface area contributed by atoms with Gasteiger partial charge in [0.2, 0.25) is 22.8 Å². The third-order valence-electron chi connectivity index (χ3n) is 5.99. The van der Waals surface area contributed by atoms with Crippen LogP contribution < -0.4 is 0 Å². The largest absolute Gasteiger partial charge is 0.394 e. The van der Waals surface area contributed by atoms with Crippen molar-refractivity contribution in [3.05, 3.63) is 0 Å². The number of carbonyl (C=O) groups is 5. The lowest BCUT2D eigenvalue weighted by Crippen LogP contribution is -2.85. The fraction of sp³-hybridized carbons (Fsp3) is 0.808. The van der Waals surface area contributed by atoms with Crippen molar-refractivity contribution in [3.63, 3.8) is 0 Å². The van der Waals surface area contributed by atoms with Crippen LogP contribution in [0.4, 0.5) is 0 Å². The maximum Gasteiger partial charge on any atom is 0.241 e. The first-order valence-corrected chi connectivity index (χ1v) is 11.7. The van der Waals surface area contributed by atoms with E-state index in [1.165, 1.54) is 83.1 Å². The molecule has 208 valence electrons. The first-order valence-electron chi connectivity index (χ1n) is 11.7. The fourth-order valence-corrected chi connectivity index (χ4v) is 3.90.